The summed E-state index contributed by atoms with van der Waals surface area (Å²) in [6.45, 7) is 2.75. The van der Waals surface area contributed by atoms with Gasteiger partial charge in [-0.1, -0.05) is 0 Å². The van der Waals surface area contributed by atoms with Crippen molar-refractivity contribution < 1.29 is 9.53 Å². The van der Waals surface area contributed by atoms with Crippen LogP contribution >= 0.6 is 11.6 Å². The van der Waals surface area contributed by atoms with Gasteiger partial charge in [0.1, 0.15) is 0 Å². The molecule has 0 bridgehead atoms. The summed E-state index contributed by atoms with van der Waals surface area (Å²) >= 11 is 5.58. The fraction of sp³-hybridized carbons (Fsp3) is 0.900. The van der Waals surface area contributed by atoms with Crippen molar-refractivity contribution in [2.45, 2.75) is 44.8 Å². The van der Waals surface area contributed by atoms with Gasteiger partial charge in [0.05, 0.1) is 6.10 Å². The molecule has 1 saturated heterocycles. The highest BCUT2D eigenvalue weighted by molar-refractivity contribution is 6.18. The summed E-state index contributed by atoms with van der Waals surface area (Å²) in [7, 11) is 0. The van der Waals surface area contributed by atoms with Crippen LogP contribution in [-0.4, -0.2) is 30.5 Å². The lowest BCUT2D eigenvalue weighted by atomic mass is 10.1. The third kappa shape index (κ3) is 4.29. The van der Waals surface area contributed by atoms with E-state index in [1.807, 2.05) is 6.92 Å². The van der Waals surface area contributed by atoms with Gasteiger partial charge in [-0.05, 0) is 26.2 Å². The minimum Gasteiger partial charge on any atom is -0.378 e. The predicted molar refractivity (Wildman–Crippen MR) is 56.5 cm³/mol. The van der Waals surface area contributed by atoms with Crippen molar-refractivity contribution in [1.29, 1.82) is 0 Å². The van der Waals surface area contributed by atoms with Crippen LogP contribution in [0.15, 0.2) is 0 Å². The van der Waals surface area contributed by atoms with E-state index in [9.17, 15) is 4.79 Å². The van der Waals surface area contributed by atoms with Gasteiger partial charge in [-0.25, -0.2) is 0 Å². The minimum atomic E-state index is 0.0636. The normalized spacial score (nSPS) is 23.4. The maximum absolute atomic E-state index is 11.3. The van der Waals surface area contributed by atoms with E-state index in [-0.39, 0.29) is 11.9 Å². The van der Waals surface area contributed by atoms with Crippen LogP contribution in [0, 0.1) is 0 Å². The van der Waals surface area contributed by atoms with Crippen LogP contribution in [0.5, 0.6) is 0 Å². The minimum absolute atomic E-state index is 0.0636. The zero-order valence-corrected chi connectivity index (χ0v) is 9.35. The molecule has 2 atom stereocenters. The van der Waals surface area contributed by atoms with E-state index < -0.39 is 0 Å². The number of alkyl halides is 1. The zero-order chi connectivity index (χ0) is 10.4. The number of ether oxygens (including phenoxy) is 1. The molecule has 1 aliphatic heterocycles. The van der Waals surface area contributed by atoms with Crippen LogP contribution in [0.25, 0.3) is 0 Å². The van der Waals surface area contributed by atoms with Gasteiger partial charge in [0.15, 0.2) is 0 Å². The SMILES string of the molecule is CC(CCl)NC(=O)CCC1CCCO1. The van der Waals surface area contributed by atoms with E-state index in [4.69, 9.17) is 16.3 Å². The molecule has 1 amide bonds. The first-order valence-electron chi connectivity index (χ1n) is 5.19. The van der Waals surface area contributed by atoms with Crippen molar-refractivity contribution >= 4 is 17.5 Å². The Morgan fingerprint density at radius 3 is 3.07 bits per heavy atom. The van der Waals surface area contributed by atoms with Crippen LogP contribution < -0.4 is 5.32 Å². The van der Waals surface area contributed by atoms with Crippen molar-refractivity contribution in [2.75, 3.05) is 12.5 Å². The van der Waals surface area contributed by atoms with Crippen molar-refractivity contribution in [3.63, 3.8) is 0 Å². The highest BCUT2D eigenvalue weighted by Crippen LogP contribution is 2.16. The van der Waals surface area contributed by atoms with Gasteiger partial charge >= 0.3 is 0 Å². The molecule has 14 heavy (non-hydrogen) atoms. The fourth-order valence-corrected chi connectivity index (χ4v) is 1.63. The summed E-state index contributed by atoms with van der Waals surface area (Å²) in [5, 5.41) is 2.83. The number of hydrogen-bond donors (Lipinski definition) is 1. The molecule has 0 aromatic rings. The second-order valence-corrected chi connectivity index (χ2v) is 4.11. The zero-order valence-electron chi connectivity index (χ0n) is 8.59. The molecule has 1 aliphatic rings. The van der Waals surface area contributed by atoms with Gasteiger partial charge in [-0.15, -0.1) is 11.6 Å². The highest BCUT2D eigenvalue weighted by atomic mass is 35.5. The molecule has 0 spiro atoms. The van der Waals surface area contributed by atoms with Crippen LogP contribution in [0.1, 0.15) is 32.6 Å². The van der Waals surface area contributed by atoms with Gasteiger partial charge in [0.2, 0.25) is 5.91 Å². The molecule has 1 N–H and O–H groups in total. The standard InChI is InChI=1S/C10H18ClNO2/c1-8(7-11)12-10(13)5-4-9-3-2-6-14-9/h8-9H,2-7H2,1H3,(H,12,13). The predicted octanol–water partition coefficient (Wildman–Crippen LogP) is 1.69. The second kappa shape index (κ2) is 6.25. The van der Waals surface area contributed by atoms with Crippen molar-refractivity contribution in [2.24, 2.45) is 0 Å². The van der Waals surface area contributed by atoms with Crippen LogP contribution in [0.2, 0.25) is 0 Å². The van der Waals surface area contributed by atoms with Crippen molar-refractivity contribution in [1.82, 2.24) is 5.32 Å². The highest BCUT2D eigenvalue weighted by Gasteiger charge is 2.16. The van der Waals surface area contributed by atoms with Gasteiger partial charge in [-0.3, -0.25) is 4.79 Å². The molecular formula is C10H18ClNO2. The Kier molecular flexibility index (Phi) is 5.26. The third-order valence-electron chi connectivity index (χ3n) is 2.36. The maximum Gasteiger partial charge on any atom is 0.220 e. The van der Waals surface area contributed by atoms with E-state index >= 15 is 0 Å². The second-order valence-electron chi connectivity index (χ2n) is 3.80. The number of halogens is 1. The lowest BCUT2D eigenvalue weighted by Crippen LogP contribution is -2.34. The monoisotopic (exact) mass is 219 g/mol. The summed E-state index contributed by atoms with van der Waals surface area (Å²) in [5.74, 6) is 0.541. The van der Waals surface area contributed by atoms with Crippen LogP contribution in [0.3, 0.4) is 0 Å². The van der Waals surface area contributed by atoms with Crippen molar-refractivity contribution in [3.8, 4) is 0 Å². The molecule has 0 aliphatic carbocycles. The number of carbonyl (C=O) groups excluding carboxylic acids is 1. The number of amides is 1. The Bertz CT molecular complexity index is 181. The summed E-state index contributed by atoms with van der Waals surface area (Å²) in [4.78, 5) is 11.3. The molecule has 0 saturated carbocycles. The molecule has 0 aromatic heterocycles. The Balaban J connectivity index is 2.08. The number of rotatable bonds is 5. The smallest absolute Gasteiger partial charge is 0.220 e. The molecule has 82 valence electrons. The lowest BCUT2D eigenvalue weighted by molar-refractivity contribution is -0.122. The van der Waals surface area contributed by atoms with Gasteiger partial charge < -0.3 is 10.1 Å². The van der Waals surface area contributed by atoms with E-state index in [1.165, 1.54) is 0 Å². The lowest BCUT2D eigenvalue weighted by Gasteiger charge is -2.12. The van der Waals surface area contributed by atoms with E-state index in [0.717, 1.165) is 25.9 Å². The summed E-state index contributed by atoms with van der Waals surface area (Å²) in [5.41, 5.74) is 0. The summed E-state index contributed by atoms with van der Waals surface area (Å²) in [6.07, 6.45) is 3.90. The Labute approximate surface area is 90.1 Å². The van der Waals surface area contributed by atoms with Gasteiger partial charge in [0.25, 0.3) is 0 Å². The molecule has 3 nitrogen and oxygen atoms in total. The average molecular weight is 220 g/mol. The molecule has 0 radical (unpaired) electrons. The average Bonchev–Trinajstić information content (AvgIpc) is 2.67. The largest absolute Gasteiger partial charge is 0.378 e. The van der Waals surface area contributed by atoms with Crippen LogP contribution in [0.4, 0.5) is 0 Å². The molecule has 1 fully saturated rings. The number of carbonyl (C=O) groups is 1. The van der Waals surface area contributed by atoms with Crippen molar-refractivity contribution in [3.05, 3.63) is 0 Å². The summed E-state index contributed by atoms with van der Waals surface area (Å²) < 4.78 is 5.43. The number of nitrogens with one attached hydrogen (secondary N) is 1. The van der Waals surface area contributed by atoms with E-state index in [1.54, 1.807) is 0 Å². The number of hydrogen-bond acceptors (Lipinski definition) is 2. The van der Waals surface area contributed by atoms with Gasteiger partial charge in [0, 0.05) is 24.9 Å². The summed E-state index contributed by atoms with van der Waals surface area (Å²) in [6, 6.07) is 0.0636. The Hall–Kier alpha value is -0.280. The quantitative estimate of drug-likeness (QED) is 0.715. The topological polar surface area (TPSA) is 38.3 Å². The molecule has 1 heterocycles. The molecule has 4 heteroatoms. The fourth-order valence-electron chi connectivity index (χ4n) is 1.55. The first-order chi connectivity index (χ1) is 6.72. The first-order valence-corrected chi connectivity index (χ1v) is 5.72. The third-order valence-corrected chi connectivity index (χ3v) is 2.82. The van der Waals surface area contributed by atoms with E-state index in [2.05, 4.69) is 5.32 Å². The van der Waals surface area contributed by atoms with Crippen LogP contribution in [-0.2, 0) is 9.53 Å². The Morgan fingerprint density at radius 1 is 1.71 bits per heavy atom. The Morgan fingerprint density at radius 2 is 2.50 bits per heavy atom. The molecular weight excluding hydrogens is 202 g/mol. The molecule has 1 rings (SSSR count). The molecule has 0 aromatic carbocycles. The first kappa shape index (κ1) is 11.8. The maximum atomic E-state index is 11.3. The molecule has 2 unspecified atom stereocenters. The van der Waals surface area contributed by atoms with Gasteiger partial charge in [-0.2, -0.15) is 0 Å². The van der Waals surface area contributed by atoms with E-state index in [0.29, 0.717) is 18.4 Å².